The molecule has 22 heavy (non-hydrogen) atoms. The van der Waals surface area contributed by atoms with Gasteiger partial charge in [-0.25, -0.2) is 0 Å². The van der Waals surface area contributed by atoms with Gasteiger partial charge in [0.2, 0.25) is 5.91 Å². The maximum atomic E-state index is 12.3. The van der Waals surface area contributed by atoms with Crippen molar-refractivity contribution in [2.24, 2.45) is 5.73 Å². The molecule has 1 amide bonds. The molecule has 1 aliphatic heterocycles. The van der Waals surface area contributed by atoms with Gasteiger partial charge in [-0.3, -0.25) is 9.78 Å². The van der Waals surface area contributed by atoms with Crippen LogP contribution in [0.25, 0.3) is 10.9 Å². The lowest BCUT2D eigenvalue weighted by Crippen LogP contribution is -2.57. The predicted molar refractivity (Wildman–Crippen MR) is 85.4 cm³/mol. The Morgan fingerprint density at radius 3 is 2.86 bits per heavy atom. The average molecular weight is 299 g/mol. The number of para-hydroxylation sites is 1. The molecule has 1 aromatic heterocycles. The van der Waals surface area contributed by atoms with Crippen molar-refractivity contribution in [3.63, 3.8) is 0 Å². The van der Waals surface area contributed by atoms with Gasteiger partial charge in [0.05, 0.1) is 11.1 Å². The Morgan fingerprint density at radius 2 is 2.05 bits per heavy atom. The second-order valence-corrected chi connectivity index (χ2v) is 5.77. The minimum atomic E-state index is -0.782. The number of rotatable bonds is 4. The van der Waals surface area contributed by atoms with E-state index in [0.717, 1.165) is 22.9 Å². The number of amides is 1. The first-order valence-corrected chi connectivity index (χ1v) is 7.67. The van der Waals surface area contributed by atoms with Gasteiger partial charge in [-0.2, -0.15) is 0 Å². The quantitative estimate of drug-likeness (QED) is 0.894. The summed E-state index contributed by atoms with van der Waals surface area (Å²) in [6.45, 7) is 1.67. The second-order valence-electron chi connectivity index (χ2n) is 5.77. The Hall–Kier alpha value is -1.98. The third kappa shape index (κ3) is 3.10. The van der Waals surface area contributed by atoms with Crippen LogP contribution in [0.5, 0.6) is 0 Å². The van der Waals surface area contributed by atoms with Crippen molar-refractivity contribution in [2.75, 3.05) is 19.8 Å². The van der Waals surface area contributed by atoms with Crippen molar-refractivity contribution >= 4 is 16.8 Å². The van der Waals surface area contributed by atoms with Crippen LogP contribution in [0.4, 0.5) is 0 Å². The molecule has 0 bridgehead atoms. The Bertz CT molecular complexity index is 661. The summed E-state index contributed by atoms with van der Waals surface area (Å²) in [5.41, 5.74) is 7.51. The lowest BCUT2D eigenvalue weighted by Gasteiger charge is -2.31. The van der Waals surface area contributed by atoms with Gasteiger partial charge in [-0.05, 0) is 30.9 Å². The molecule has 0 spiro atoms. The van der Waals surface area contributed by atoms with E-state index in [2.05, 4.69) is 10.3 Å². The summed E-state index contributed by atoms with van der Waals surface area (Å²) in [6.07, 6.45) is 3.69. The zero-order chi connectivity index (χ0) is 15.4. The Kier molecular flexibility index (Phi) is 4.36. The van der Waals surface area contributed by atoms with Gasteiger partial charge in [0.25, 0.3) is 0 Å². The second kappa shape index (κ2) is 6.42. The van der Waals surface area contributed by atoms with E-state index in [1.807, 2.05) is 30.3 Å². The summed E-state index contributed by atoms with van der Waals surface area (Å²) in [5.74, 6) is -0.0796. The van der Waals surface area contributed by atoms with E-state index in [9.17, 15) is 4.79 Å². The van der Waals surface area contributed by atoms with Crippen molar-refractivity contribution in [3.8, 4) is 0 Å². The van der Waals surface area contributed by atoms with E-state index in [4.69, 9.17) is 10.5 Å². The fourth-order valence-corrected chi connectivity index (χ4v) is 2.82. The van der Waals surface area contributed by atoms with Crippen LogP contribution in [0.3, 0.4) is 0 Å². The minimum Gasteiger partial charge on any atom is -0.381 e. The molecule has 1 aromatic carbocycles. The topological polar surface area (TPSA) is 77.2 Å². The highest BCUT2D eigenvalue weighted by Gasteiger charge is 2.35. The van der Waals surface area contributed by atoms with Crippen molar-refractivity contribution < 1.29 is 9.53 Å². The fourth-order valence-electron chi connectivity index (χ4n) is 2.82. The number of aromatic nitrogens is 1. The first-order chi connectivity index (χ1) is 10.7. The van der Waals surface area contributed by atoms with Crippen LogP contribution in [0, 0.1) is 0 Å². The van der Waals surface area contributed by atoms with Gasteiger partial charge in [0.15, 0.2) is 0 Å². The molecule has 1 aliphatic rings. The van der Waals surface area contributed by atoms with E-state index < -0.39 is 5.54 Å². The number of fused-ring (bicyclic) bond motifs is 1. The number of benzene rings is 1. The normalized spacial score (nSPS) is 17.3. The predicted octanol–water partition coefficient (Wildman–Crippen LogP) is 1.40. The van der Waals surface area contributed by atoms with Crippen LogP contribution in [0.15, 0.2) is 36.5 Å². The van der Waals surface area contributed by atoms with E-state index >= 15 is 0 Å². The van der Waals surface area contributed by atoms with E-state index in [0.29, 0.717) is 32.6 Å². The standard InChI is InChI=1S/C17H21N3O2/c18-17(7-11-22-12-8-17)16(21)20-10-6-14-4-1-3-13-5-2-9-19-15(13)14/h1-5,9H,6-8,10-12,18H2,(H,20,21). The van der Waals surface area contributed by atoms with Crippen LogP contribution in [0.2, 0.25) is 0 Å². The zero-order valence-corrected chi connectivity index (χ0v) is 12.5. The van der Waals surface area contributed by atoms with Gasteiger partial charge < -0.3 is 15.8 Å². The van der Waals surface area contributed by atoms with Crippen LogP contribution in [0.1, 0.15) is 18.4 Å². The third-order valence-electron chi connectivity index (χ3n) is 4.23. The molecular formula is C17H21N3O2. The van der Waals surface area contributed by atoms with Gasteiger partial charge in [0, 0.05) is 31.3 Å². The highest BCUT2D eigenvalue weighted by Crippen LogP contribution is 2.18. The van der Waals surface area contributed by atoms with Crippen LogP contribution in [-0.2, 0) is 16.0 Å². The number of hydrogen-bond donors (Lipinski definition) is 2. The summed E-state index contributed by atoms with van der Waals surface area (Å²) in [6, 6.07) is 10.1. The van der Waals surface area contributed by atoms with Crippen LogP contribution in [-0.4, -0.2) is 36.2 Å². The molecule has 5 heteroatoms. The number of carbonyl (C=O) groups is 1. The highest BCUT2D eigenvalue weighted by molar-refractivity contribution is 5.86. The summed E-state index contributed by atoms with van der Waals surface area (Å²) < 4.78 is 5.27. The Balaban J connectivity index is 1.61. The number of nitrogens with two attached hydrogens (primary N) is 1. The zero-order valence-electron chi connectivity index (χ0n) is 12.5. The smallest absolute Gasteiger partial charge is 0.240 e. The number of nitrogens with one attached hydrogen (secondary N) is 1. The van der Waals surface area contributed by atoms with Gasteiger partial charge in [0.1, 0.15) is 0 Å². The Morgan fingerprint density at radius 1 is 1.27 bits per heavy atom. The molecule has 0 atom stereocenters. The van der Waals surface area contributed by atoms with Crippen molar-refractivity contribution in [3.05, 3.63) is 42.1 Å². The summed E-state index contributed by atoms with van der Waals surface area (Å²) in [7, 11) is 0. The largest absolute Gasteiger partial charge is 0.381 e. The minimum absolute atomic E-state index is 0.0796. The third-order valence-corrected chi connectivity index (χ3v) is 4.23. The van der Waals surface area contributed by atoms with E-state index in [1.165, 1.54) is 0 Å². The molecular weight excluding hydrogens is 278 g/mol. The van der Waals surface area contributed by atoms with E-state index in [1.54, 1.807) is 6.20 Å². The molecule has 1 fully saturated rings. The number of carbonyl (C=O) groups excluding carboxylic acids is 1. The molecule has 0 radical (unpaired) electrons. The van der Waals surface area contributed by atoms with Gasteiger partial charge in [-0.15, -0.1) is 0 Å². The van der Waals surface area contributed by atoms with Crippen molar-refractivity contribution in [1.82, 2.24) is 10.3 Å². The molecule has 3 rings (SSSR count). The SMILES string of the molecule is NC1(C(=O)NCCc2cccc3cccnc23)CCOCC1. The Labute approximate surface area is 129 Å². The van der Waals surface area contributed by atoms with Crippen LogP contribution >= 0.6 is 0 Å². The first-order valence-electron chi connectivity index (χ1n) is 7.67. The first kappa shape index (κ1) is 14.9. The molecule has 0 unspecified atom stereocenters. The maximum absolute atomic E-state index is 12.3. The highest BCUT2D eigenvalue weighted by atomic mass is 16.5. The fraction of sp³-hybridized carbons (Fsp3) is 0.412. The maximum Gasteiger partial charge on any atom is 0.240 e. The van der Waals surface area contributed by atoms with Gasteiger partial charge >= 0.3 is 0 Å². The lowest BCUT2D eigenvalue weighted by molar-refractivity contribution is -0.129. The number of ether oxygens (including phenoxy) is 1. The van der Waals surface area contributed by atoms with Gasteiger partial charge in [-0.1, -0.05) is 24.3 Å². The molecule has 2 heterocycles. The number of nitrogens with zero attached hydrogens (tertiary/aromatic N) is 1. The van der Waals surface area contributed by atoms with E-state index in [-0.39, 0.29) is 5.91 Å². The van der Waals surface area contributed by atoms with Crippen molar-refractivity contribution in [2.45, 2.75) is 24.8 Å². The van der Waals surface area contributed by atoms with Crippen molar-refractivity contribution in [1.29, 1.82) is 0 Å². The molecule has 116 valence electrons. The molecule has 0 aliphatic carbocycles. The lowest BCUT2D eigenvalue weighted by atomic mass is 9.90. The monoisotopic (exact) mass is 299 g/mol. The molecule has 3 N–H and O–H groups in total. The van der Waals surface area contributed by atoms with Crippen LogP contribution < -0.4 is 11.1 Å². The molecule has 5 nitrogen and oxygen atoms in total. The molecule has 0 saturated carbocycles. The summed E-state index contributed by atoms with van der Waals surface area (Å²) >= 11 is 0. The number of hydrogen-bond acceptors (Lipinski definition) is 4. The molecule has 2 aromatic rings. The summed E-state index contributed by atoms with van der Waals surface area (Å²) in [5, 5.41) is 4.08. The average Bonchev–Trinajstić information content (AvgIpc) is 2.55. The summed E-state index contributed by atoms with van der Waals surface area (Å²) in [4.78, 5) is 16.7. The molecule has 1 saturated heterocycles. The number of pyridine rings is 1.